The quantitative estimate of drug-likeness (QED) is 0.480. The van der Waals surface area contributed by atoms with E-state index in [-0.39, 0.29) is 18.0 Å². The Morgan fingerprint density at radius 3 is 2.47 bits per heavy atom. The molecule has 2 atom stereocenters. The number of carboxylic acids is 1. The van der Waals surface area contributed by atoms with Gasteiger partial charge in [-0.1, -0.05) is 66.7 Å². The molecule has 0 aliphatic carbocycles. The first-order valence-corrected chi connectivity index (χ1v) is 11.6. The number of β-lactam (4-membered cyclic amide) rings is 1. The van der Waals surface area contributed by atoms with Gasteiger partial charge >= 0.3 is 5.97 Å². The minimum Gasteiger partial charge on any atom is -0.477 e. The van der Waals surface area contributed by atoms with E-state index in [4.69, 9.17) is 11.6 Å². The number of carboxylic acid groups (broad SMARTS) is 1. The van der Waals surface area contributed by atoms with Gasteiger partial charge in [0.15, 0.2) is 0 Å². The van der Waals surface area contributed by atoms with Gasteiger partial charge < -0.3 is 10.4 Å². The molecule has 0 spiro atoms. The molecule has 2 aromatic carbocycles. The standard InChI is InChI=1S/C24H21ClN2O4S/c25-13-17-8-6-15(7-9-17)10-11-18-14-32-23-20(22(29)27(23)21(18)24(30)31)26-19(28)12-16-4-2-1-3-5-16/h1-11,20,23H,12-14H2,(H,26,28)(H,30,31)/t20?,23-/m1/s1. The van der Waals surface area contributed by atoms with Crippen molar-refractivity contribution in [2.75, 3.05) is 5.75 Å². The number of nitrogens with one attached hydrogen (secondary N) is 1. The fourth-order valence-corrected chi connectivity index (χ4v) is 5.19. The molecular formula is C24H21ClN2O4S. The number of benzene rings is 2. The Balaban J connectivity index is 1.47. The zero-order valence-electron chi connectivity index (χ0n) is 17.0. The van der Waals surface area contributed by atoms with Crippen LogP contribution in [0.3, 0.4) is 0 Å². The van der Waals surface area contributed by atoms with Crippen LogP contribution >= 0.6 is 23.4 Å². The number of hydrogen-bond acceptors (Lipinski definition) is 4. The summed E-state index contributed by atoms with van der Waals surface area (Å²) in [6, 6.07) is 16.2. The Kier molecular flexibility index (Phi) is 6.67. The van der Waals surface area contributed by atoms with Crippen LogP contribution in [-0.2, 0) is 26.7 Å². The van der Waals surface area contributed by atoms with Gasteiger partial charge in [0.25, 0.3) is 5.91 Å². The minimum atomic E-state index is -1.16. The third-order valence-electron chi connectivity index (χ3n) is 5.34. The van der Waals surface area contributed by atoms with E-state index >= 15 is 0 Å². The van der Waals surface area contributed by atoms with Crippen molar-refractivity contribution >= 4 is 47.2 Å². The normalized spacial score (nSPS) is 20.2. The third kappa shape index (κ3) is 4.59. The van der Waals surface area contributed by atoms with Crippen LogP contribution < -0.4 is 5.32 Å². The van der Waals surface area contributed by atoms with Crippen molar-refractivity contribution in [3.05, 3.63) is 88.6 Å². The predicted octanol–water partition coefficient (Wildman–Crippen LogP) is 3.42. The number of nitrogens with zero attached hydrogens (tertiary/aromatic N) is 1. The summed E-state index contributed by atoms with van der Waals surface area (Å²) in [5.74, 6) is -0.969. The van der Waals surface area contributed by atoms with Crippen LogP contribution in [0.5, 0.6) is 0 Å². The highest BCUT2D eigenvalue weighted by molar-refractivity contribution is 8.00. The van der Waals surface area contributed by atoms with E-state index < -0.39 is 23.3 Å². The monoisotopic (exact) mass is 468 g/mol. The number of aliphatic carboxylic acids is 1. The highest BCUT2D eigenvalue weighted by Gasteiger charge is 2.53. The Morgan fingerprint density at radius 2 is 1.81 bits per heavy atom. The van der Waals surface area contributed by atoms with Crippen LogP contribution in [0.25, 0.3) is 6.08 Å². The van der Waals surface area contributed by atoms with Gasteiger partial charge in [-0.2, -0.15) is 0 Å². The first-order chi connectivity index (χ1) is 15.5. The lowest BCUT2D eigenvalue weighted by atomic mass is 10.0. The van der Waals surface area contributed by atoms with E-state index in [0.29, 0.717) is 17.2 Å². The SMILES string of the molecule is O=C(Cc1ccccc1)NC1C(=O)N2C(C(=O)O)=C(C=Cc3ccc(CCl)cc3)CS[C@H]12. The zero-order chi connectivity index (χ0) is 22.7. The summed E-state index contributed by atoms with van der Waals surface area (Å²) < 4.78 is 0. The average molecular weight is 469 g/mol. The average Bonchev–Trinajstić information content (AvgIpc) is 2.81. The molecular weight excluding hydrogens is 448 g/mol. The maximum absolute atomic E-state index is 12.8. The molecule has 8 heteroatoms. The van der Waals surface area contributed by atoms with Crippen molar-refractivity contribution < 1.29 is 19.5 Å². The maximum Gasteiger partial charge on any atom is 0.352 e. The Bertz CT molecular complexity index is 1100. The minimum absolute atomic E-state index is 0.0269. The first-order valence-electron chi connectivity index (χ1n) is 10.1. The van der Waals surface area contributed by atoms with E-state index in [9.17, 15) is 19.5 Å². The lowest BCUT2D eigenvalue weighted by molar-refractivity contribution is -0.150. The molecule has 1 fully saturated rings. The second kappa shape index (κ2) is 9.63. The maximum atomic E-state index is 12.8. The number of rotatable bonds is 7. The topological polar surface area (TPSA) is 86.7 Å². The predicted molar refractivity (Wildman–Crippen MR) is 125 cm³/mol. The number of fused-ring (bicyclic) bond motifs is 1. The van der Waals surface area contributed by atoms with Crippen LogP contribution in [0.4, 0.5) is 0 Å². The summed E-state index contributed by atoms with van der Waals surface area (Å²) in [5.41, 5.74) is 3.28. The van der Waals surface area contributed by atoms with Crippen LogP contribution in [0.15, 0.2) is 71.9 Å². The third-order valence-corrected chi connectivity index (χ3v) is 6.95. The van der Waals surface area contributed by atoms with Gasteiger partial charge in [-0.3, -0.25) is 14.5 Å². The van der Waals surface area contributed by atoms with E-state index in [1.165, 1.54) is 16.7 Å². The van der Waals surface area contributed by atoms with E-state index in [1.807, 2.05) is 60.7 Å². The van der Waals surface area contributed by atoms with Crippen molar-refractivity contribution in [3.8, 4) is 0 Å². The molecule has 164 valence electrons. The molecule has 2 aliphatic rings. The summed E-state index contributed by atoms with van der Waals surface area (Å²) in [6.45, 7) is 0. The number of amides is 2. The van der Waals surface area contributed by atoms with Crippen molar-refractivity contribution in [2.45, 2.75) is 23.7 Å². The van der Waals surface area contributed by atoms with Gasteiger partial charge in [-0.15, -0.1) is 23.4 Å². The number of hydrogen-bond donors (Lipinski definition) is 2. The number of thioether (sulfide) groups is 1. The van der Waals surface area contributed by atoms with Crippen LogP contribution in [0, 0.1) is 0 Å². The Morgan fingerprint density at radius 1 is 1.09 bits per heavy atom. The molecule has 32 heavy (non-hydrogen) atoms. The van der Waals surface area contributed by atoms with Gasteiger partial charge in [-0.25, -0.2) is 4.79 Å². The Labute approximate surface area is 194 Å². The summed E-state index contributed by atoms with van der Waals surface area (Å²) in [7, 11) is 0. The first kappa shape index (κ1) is 22.2. The summed E-state index contributed by atoms with van der Waals surface area (Å²) in [6.07, 6.45) is 3.72. The molecule has 2 aromatic rings. The Hall–Kier alpha value is -3.03. The van der Waals surface area contributed by atoms with E-state index in [2.05, 4.69) is 5.32 Å². The van der Waals surface area contributed by atoms with Crippen molar-refractivity contribution in [2.24, 2.45) is 0 Å². The van der Waals surface area contributed by atoms with Crippen molar-refractivity contribution in [3.63, 3.8) is 0 Å². The van der Waals surface area contributed by atoms with Gasteiger partial charge in [0.1, 0.15) is 17.1 Å². The molecule has 0 saturated carbocycles. The highest BCUT2D eigenvalue weighted by atomic mass is 35.5. The number of halogens is 1. The molecule has 1 unspecified atom stereocenters. The lowest BCUT2D eigenvalue weighted by Crippen LogP contribution is -2.70. The summed E-state index contributed by atoms with van der Waals surface area (Å²) in [5, 5.41) is 12.1. The summed E-state index contributed by atoms with van der Waals surface area (Å²) >= 11 is 7.25. The zero-order valence-corrected chi connectivity index (χ0v) is 18.6. The molecule has 2 amide bonds. The van der Waals surface area contributed by atoms with Crippen molar-refractivity contribution in [1.29, 1.82) is 0 Å². The van der Waals surface area contributed by atoms with Gasteiger partial charge in [0.2, 0.25) is 5.91 Å². The number of carbonyl (C=O) groups excluding carboxylic acids is 2. The number of carbonyl (C=O) groups is 3. The highest BCUT2D eigenvalue weighted by Crippen LogP contribution is 2.40. The molecule has 2 aliphatic heterocycles. The van der Waals surface area contributed by atoms with Crippen LogP contribution in [0.1, 0.15) is 16.7 Å². The van der Waals surface area contributed by atoms with Gasteiger partial charge in [0, 0.05) is 11.6 Å². The smallest absolute Gasteiger partial charge is 0.352 e. The molecule has 1 saturated heterocycles. The number of alkyl halides is 1. The lowest BCUT2D eigenvalue weighted by Gasteiger charge is -2.49. The van der Waals surface area contributed by atoms with Crippen LogP contribution in [-0.4, -0.2) is 45.0 Å². The fraction of sp³-hybridized carbons (Fsp3) is 0.208. The van der Waals surface area contributed by atoms with E-state index in [0.717, 1.165) is 16.7 Å². The second-order valence-electron chi connectivity index (χ2n) is 7.50. The van der Waals surface area contributed by atoms with Crippen LogP contribution in [0.2, 0.25) is 0 Å². The molecule has 2 heterocycles. The van der Waals surface area contributed by atoms with E-state index in [1.54, 1.807) is 6.08 Å². The fourth-order valence-electron chi connectivity index (χ4n) is 3.69. The second-order valence-corrected chi connectivity index (χ2v) is 8.88. The summed E-state index contributed by atoms with van der Waals surface area (Å²) in [4.78, 5) is 38.4. The largest absolute Gasteiger partial charge is 0.477 e. The molecule has 4 rings (SSSR count). The molecule has 2 N–H and O–H groups in total. The molecule has 0 bridgehead atoms. The molecule has 0 aromatic heterocycles. The van der Waals surface area contributed by atoms with Gasteiger partial charge in [-0.05, 0) is 22.3 Å². The molecule has 0 radical (unpaired) electrons. The van der Waals surface area contributed by atoms with Crippen molar-refractivity contribution in [1.82, 2.24) is 10.2 Å². The number of allylic oxidation sites excluding steroid dienone is 1. The molecule has 6 nitrogen and oxygen atoms in total. The van der Waals surface area contributed by atoms with Gasteiger partial charge in [0.05, 0.1) is 6.42 Å².